The monoisotopic (exact) mass is 278 g/mol. The molecule has 3 aromatic rings. The van der Waals surface area contributed by atoms with Gasteiger partial charge in [0, 0.05) is 11.9 Å². The molecule has 1 N–H and O–H groups in total. The summed E-state index contributed by atoms with van der Waals surface area (Å²) in [6.45, 7) is 0.389. The van der Waals surface area contributed by atoms with E-state index in [1.54, 1.807) is 23.3 Å². The molecule has 0 bridgehead atoms. The Morgan fingerprint density at radius 2 is 1.90 bits per heavy atom. The van der Waals surface area contributed by atoms with Gasteiger partial charge in [-0.05, 0) is 24.3 Å². The highest BCUT2D eigenvalue weighted by atomic mass is 16.1. The van der Waals surface area contributed by atoms with E-state index in [-0.39, 0.29) is 5.91 Å². The lowest BCUT2D eigenvalue weighted by Gasteiger charge is -2.08. The average Bonchev–Trinajstić information content (AvgIpc) is 3.04. The number of carbonyl (C=O) groups is 1. The zero-order chi connectivity index (χ0) is 14.5. The first kappa shape index (κ1) is 13.1. The van der Waals surface area contributed by atoms with Crippen molar-refractivity contribution >= 4 is 5.91 Å². The van der Waals surface area contributed by atoms with Gasteiger partial charge in [0.15, 0.2) is 0 Å². The number of imidazole rings is 1. The molecular weight excluding hydrogens is 264 g/mol. The number of benzene rings is 1. The van der Waals surface area contributed by atoms with Gasteiger partial charge in [-0.1, -0.05) is 24.3 Å². The molecule has 2 aromatic heterocycles. The van der Waals surface area contributed by atoms with E-state index in [0.717, 1.165) is 11.4 Å². The molecule has 21 heavy (non-hydrogen) atoms. The third-order valence-electron chi connectivity index (χ3n) is 3.06. The fraction of sp³-hybridized carbons (Fsp3) is 0.0625. The molecule has 0 radical (unpaired) electrons. The zero-order valence-corrected chi connectivity index (χ0v) is 11.3. The van der Waals surface area contributed by atoms with E-state index in [9.17, 15) is 4.79 Å². The minimum Gasteiger partial charge on any atom is -0.345 e. The topological polar surface area (TPSA) is 59.8 Å². The molecule has 0 atom stereocenters. The predicted molar refractivity (Wildman–Crippen MR) is 79.0 cm³/mol. The molecule has 0 aliphatic carbocycles. The number of amides is 1. The van der Waals surface area contributed by atoms with Crippen molar-refractivity contribution in [3.63, 3.8) is 0 Å². The molecule has 0 aliphatic rings. The molecule has 3 rings (SSSR count). The van der Waals surface area contributed by atoms with Gasteiger partial charge in [0.2, 0.25) is 0 Å². The van der Waals surface area contributed by atoms with Crippen molar-refractivity contribution in [2.45, 2.75) is 6.54 Å². The van der Waals surface area contributed by atoms with Gasteiger partial charge in [0.05, 0.1) is 24.8 Å². The number of hydrogen-bond donors (Lipinski definition) is 1. The fourth-order valence-corrected chi connectivity index (χ4v) is 2.02. The maximum atomic E-state index is 12.3. The van der Waals surface area contributed by atoms with Crippen molar-refractivity contribution in [2.75, 3.05) is 0 Å². The SMILES string of the molecule is O=C(NCc1ccccn1)c1cncn1-c1ccccc1. The van der Waals surface area contributed by atoms with Gasteiger partial charge in [-0.2, -0.15) is 0 Å². The molecule has 0 saturated carbocycles. The molecule has 0 aliphatic heterocycles. The Hall–Kier alpha value is -2.95. The minimum atomic E-state index is -0.179. The number of pyridine rings is 1. The number of para-hydroxylation sites is 1. The highest BCUT2D eigenvalue weighted by molar-refractivity contribution is 5.92. The van der Waals surface area contributed by atoms with Gasteiger partial charge in [-0.15, -0.1) is 0 Å². The minimum absolute atomic E-state index is 0.179. The molecule has 1 amide bonds. The molecule has 5 nitrogen and oxygen atoms in total. The van der Waals surface area contributed by atoms with Crippen LogP contribution in [-0.2, 0) is 6.54 Å². The number of nitrogens with one attached hydrogen (secondary N) is 1. The van der Waals surface area contributed by atoms with Crippen LogP contribution < -0.4 is 5.32 Å². The van der Waals surface area contributed by atoms with Crippen molar-refractivity contribution < 1.29 is 4.79 Å². The molecule has 0 unspecified atom stereocenters. The molecule has 104 valence electrons. The van der Waals surface area contributed by atoms with Crippen LogP contribution in [0, 0.1) is 0 Å². The van der Waals surface area contributed by atoms with Crippen LogP contribution in [0.15, 0.2) is 67.3 Å². The first-order valence-electron chi connectivity index (χ1n) is 6.60. The summed E-state index contributed by atoms with van der Waals surface area (Å²) in [6.07, 6.45) is 4.89. The molecule has 0 saturated heterocycles. The Bertz CT molecular complexity index is 722. The van der Waals surface area contributed by atoms with Gasteiger partial charge in [-0.25, -0.2) is 4.98 Å². The third-order valence-corrected chi connectivity index (χ3v) is 3.06. The van der Waals surface area contributed by atoms with E-state index >= 15 is 0 Å². The lowest BCUT2D eigenvalue weighted by atomic mass is 10.3. The van der Waals surface area contributed by atoms with E-state index in [0.29, 0.717) is 12.2 Å². The van der Waals surface area contributed by atoms with Crippen LogP contribution in [0.5, 0.6) is 0 Å². The number of nitrogens with zero attached hydrogens (tertiary/aromatic N) is 3. The molecule has 0 spiro atoms. The Morgan fingerprint density at radius 1 is 1.10 bits per heavy atom. The molecular formula is C16H14N4O. The molecule has 1 aromatic carbocycles. The number of aromatic nitrogens is 3. The van der Waals surface area contributed by atoms with Crippen LogP contribution in [0.25, 0.3) is 5.69 Å². The Morgan fingerprint density at radius 3 is 2.67 bits per heavy atom. The summed E-state index contributed by atoms with van der Waals surface area (Å²) in [5, 5.41) is 2.85. The maximum absolute atomic E-state index is 12.3. The lowest BCUT2D eigenvalue weighted by Crippen LogP contribution is -2.25. The maximum Gasteiger partial charge on any atom is 0.270 e. The van der Waals surface area contributed by atoms with Gasteiger partial charge >= 0.3 is 0 Å². The Labute approximate surface area is 122 Å². The second kappa shape index (κ2) is 6.00. The van der Waals surface area contributed by atoms with Crippen LogP contribution in [0.1, 0.15) is 16.2 Å². The first-order chi connectivity index (χ1) is 10.3. The smallest absolute Gasteiger partial charge is 0.270 e. The summed E-state index contributed by atoms with van der Waals surface area (Å²) in [4.78, 5) is 20.5. The van der Waals surface area contributed by atoms with Crippen LogP contribution in [0.4, 0.5) is 0 Å². The summed E-state index contributed by atoms with van der Waals surface area (Å²) >= 11 is 0. The zero-order valence-electron chi connectivity index (χ0n) is 11.3. The number of carbonyl (C=O) groups excluding carboxylic acids is 1. The van der Waals surface area contributed by atoms with E-state index < -0.39 is 0 Å². The number of rotatable bonds is 4. The van der Waals surface area contributed by atoms with Crippen molar-refractivity contribution in [1.82, 2.24) is 19.9 Å². The van der Waals surface area contributed by atoms with E-state index in [1.807, 2.05) is 48.5 Å². The second-order valence-electron chi connectivity index (χ2n) is 4.49. The van der Waals surface area contributed by atoms with Crippen LogP contribution in [0.3, 0.4) is 0 Å². The summed E-state index contributed by atoms with van der Waals surface area (Å²) < 4.78 is 1.76. The van der Waals surface area contributed by atoms with E-state index in [2.05, 4.69) is 15.3 Å². The summed E-state index contributed by atoms with van der Waals surface area (Å²) in [5.74, 6) is -0.179. The van der Waals surface area contributed by atoms with Gasteiger partial charge in [0.1, 0.15) is 5.69 Å². The van der Waals surface area contributed by atoms with Gasteiger partial charge in [-0.3, -0.25) is 14.3 Å². The largest absolute Gasteiger partial charge is 0.345 e. The fourth-order valence-electron chi connectivity index (χ4n) is 2.02. The van der Waals surface area contributed by atoms with Gasteiger partial charge in [0.25, 0.3) is 5.91 Å². The molecule has 0 fully saturated rings. The summed E-state index contributed by atoms with van der Waals surface area (Å²) in [7, 11) is 0. The average molecular weight is 278 g/mol. The summed E-state index contributed by atoms with van der Waals surface area (Å²) in [5.41, 5.74) is 2.21. The summed E-state index contributed by atoms with van der Waals surface area (Å²) in [6, 6.07) is 15.2. The lowest BCUT2D eigenvalue weighted by molar-refractivity contribution is 0.0943. The Balaban J connectivity index is 1.76. The molecule has 5 heteroatoms. The normalized spacial score (nSPS) is 10.3. The molecule has 2 heterocycles. The second-order valence-corrected chi connectivity index (χ2v) is 4.49. The highest BCUT2D eigenvalue weighted by Gasteiger charge is 2.12. The van der Waals surface area contributed by atoms with Crippen LogP contribution in [0.2, 0.25) is 0 Å². The van der Waals surface area contributed by atoms with Crippen molar-refractivity contribution in [3.8, 4) is 5.69 Å². The van der Waals surface area contributed by atoms with Crippen LogP contribution >= 0.6 is 0 Å². The number of hydrogen-bond acceptors (Lipinski definition) is 3. The highest BCUT2D eigenvalue weighted by Crippen LogP contribution is 2.10. The quantitative estimate of drug-likeness (QED) is 0.796. The Kier molecular flexibility index (Phi) is 3.73. The third kappa shape index (κ3) is 2.97. The standard InChI is InChI=1S/C16H14N4O/c21-16(19-10-13-6-4-5-9-18-13)15-11-17-12-20(15)14-7-2-1-3-8-14/h1-9,11-12H,10H2,(H,19,21). The van der Waals surface area contributed by atoms with Crippen molar-refractivity contribution in [3.05, 3.63) is 78.6 Å². The van der Waals surface area contributed by atoms with Crippen molar-refractivity contribution in [2.24, 2.45) is 0 Å². The van der Waals surface area contributed by atoms with Crippen LogP contribution in [-0.4, -0.2) is 20.4 Å². The van der Waals surface area contributed by atoms with Gasteiger partial charge < -0.3 is 5.32 Å². The van der Waals surface area contributed by atoms with E-state index in [1.165, 1.54) is 0 Å². The van der Waals surface area contributed by atoms with E-state index in [4.69, 9.17) is 0 Å². The first-order valence-corrected chi connectivity index (χ1v) is 6.60. The van der Waals surface area contributed by atoms with Crippen molar-refractivity contribution in [1.29, 1.82) is 0 Å². The predicted octanol–water partition coefficient (Wildman–Crippen LogP) is 2.20.